The van der Waals surface area contributed by atoms with Gasteiger partial charge in [0.2, 0.25) is 5.91 Å². The number of ether oxygens (including phenoxy) is 1. The van der Waals surface area contributed by atoms with Crippen LogP contribution in [0.5, 0.6) is 5.75 Å². The Hall–Kier alpha value is -2.34. The summed E-state index contributed by atoms with van der Waals surface area (Å²) in [6.07, 6.45) is -0.339. The van der Waals surface area contributed by atoms with Gasteiger partial charge in [0.05, 0.1) is 5.69 Å². The normalized spacial score (nSPS) is 16.2. The van der Waals surface area contributed by atoms with Crippen LogP contribution in [0, 0.1) is 6.92 Å². The maximum Gasteiger partial charge on any atom is 0.267 e. The molecule has 6 heteroatoms. The predicted molar refractivity (Wildman–Crippen MR) is 101 cm³/mol. The summed E-state index contributed by atoms with van der Waals surface area (Å²) in [5, 5.41) is 2.90. The number of halogens is 1. The van der Waals surface area contributed by atoms with Crippen molar-refractivity contribution in [2.24, 2.45) is 0 Å². The van der Waals surface area contributed by atoms with E-state index in [9.17, 15) is 9.59 Å². The van der Waals surface area contributed by atoms with Gasteiger partial charge in [-0.1, -0.05) is 28.1 Å². The van der Waals surface area contributed by atoms with Gasteiger partial charge < -0.3 is 15.0 Å². The molecule has 2 aromatic carbocycles. The maximum atomic E-state index is 12.4. The molecule has 5 nitrogen and oxygen atoms in total. The molecule has 1 aliphatic rings. The van der Waals surface area contributed by atoms with Crippen LogP contribution in [0.3, 0.4) is 0 Å². The molecule has 2 aromatic rings. The van der Waals surface area contributed by atoms with E-state index >= 15 is 0 Å². The molecule has 0 aromatic heterocycles. The van der Waals surface area contributed by atoms with Gasteiger partial charge in [-0.25, -0.2) is 0 Å². The molecule has 0 fully saturated rings. The van der Waals surface area contributed by atoms with E-state index in [1.54, 1.807) is 11.8 Å². The molecule has 1 heterocycles. The van der Waals surface area contributed by atoms with Gasteiger partial charge in [0.25, 0.3) is 5.91 Å². The second-order valence-corrected chi connectivity index (χ2v) is 6.89. The molecule has 25 heavy (non-hydrogen) atoms. The fraction of sp³-hybridized carbons (Fsp3) is 0.263. The molecular formula is C19H19BrN2O3. The summed E-state index contributed by atoms with van der Waals surface area (Å²) in [5.41, 5.74) is 2.46. The average molecular weight is 403 g/mol. The maximum absolute atomic E-state index is 12.4. The van der Waals surface area contributed by atoms with Crippen molar-refractivity contribution in [3.63, 3.8) is 0 Å². The Morgan fingerprint density at radius 1 is 1.28 bits per heavy atom. The van der Waals surface area contributed by atoms with Gasteiger partial charge >= 0.3 is 0 Å². The van der Waals surface area contributed by atoms with Crippen LogP contribution in [0.2, 0.25) is 0 Å². The van der Waals surface area contributed by atoms with Crippen molar-refractivity contribution in [3.05, 3.63) is 52.5 Å². The summed E-state index contributed by atoms with van der Waals surface area (Å²) in [6, 6.07) is 13.1. The van der Waals surface area contributed by atoms with E-state index in [-0.39, 0.29) is 18.2 Å². The van der Waals surface area contributed by atoms with Gasteiger partial charge in [0.15, 0.2) is 6.10 Å². The summed E-state index contributed by atoms with van der Waals surface area (Å²) in [5.74, 6) is 0.403. The lowest BCUT2D eigenvalue weighted by Gasteiger charge is -2.32. The van der Waals surface area contributed by atoms with Crippen molar-refractivity contribution in [1.29, 1.82) is 0 Å². The lowest BCUT2D eigenvalue weighted by Crippen LogP contribution is -2.45. The molecule has 1 aliphatic heterocycles. The van der Waals surface area contributed by atoms with E-state index in [1.807, 2.05) is 49.4 Å². The van der Waals surface area contributed by atoms with Gasteiger partial charge in [-0.2, -0.15) is 0 Å². The van der Waals surface area contributed by atoms with Gasteiger partial charge in [0, 0.05) is 23.1 Å². The Morgan fingerprint density at radius 3 is 2.80 bits per heavy atom. The number of para-hydroxylation sites is 2. The van der Waals surface area contributed by atoms with Crippen molar-refractivity contribution in [1.82, 2.24) is 0 Å². The summed E-state index contributed by atoms with van der Waals surface area (Å²) in [6.45, 7) is 3.96. The molecule has 0 spiro atoms. The summed E-state index contributed by atoms with van der Waals surface area (Å²) >= 11 is 3.40. The van der Waals surface area contributed by atoms with Gasteiger partial charge in [-0.3, -0.25) is 9.59 Å². The lowest BCUT2D eigenvalue weighted by molar-refractivity contribution is -0.125. The molecular weight excluding hydrogens is 384 g/mol. The fourth-order valence-electron chi connectivity index (χ4n) is 2.78. The second-order valence-electron chi connectivity index (χ2n) is 5.98. The highest BCUT2D eigenvalue weighted by atomic mass is 79.9. The molecule has 1 N–H and O–H groups in total. The largest absolute Gasteiger partial charge is 0.479 e. The molecule has 0 radical (unpaired) electrons. The van der Waals surface area contributed by atoms with E-state index in [2.05, 4.69) is 21.2 Å². The Labute approximate surface area is 155 Å². The zero-order valence-electron chi connectivity index (χ0n) is 14.1. The molecule has 0 saturated heterocycles. The third-order valence-corrected chi connectivity index (χ3v) is 4.59. The zero-order valence-corrected chi connectivity index (χ0v) is 15.7. The number of fused-ring (bicyclic) bond motifs is 1. The Morgan fingerprint density at radius 2 is 2.04 bits per heavy atom. The quantitative estimate of drug-likeness (QED) is 0.843. The van der Waals surface area contributed by atoms with Crippen molar-refractivity contribution < 1.29 is 14.3 Å². The number of benzene rings is 2. The monoisotopic (exact) mass is 402 g/mol. The Bertz CT molecular complexity index is 822. The van der Waals surface area contributed by atoms with Crippen LogP contribution in [-0.4, -0.2) is 24.5 Å². The van der Waals surface area contributed by atoms with E-state index in [0.717, 1.165) is 15.7 Å². The number of nitrogens with zero attached hydrogens (tertiary/aromatic N) is 1. The Kier molecular flexibility index (Phi) is 5.08. The first-order valence-corrected chi connectivity index (χ1v) is 8.88. The standard InChI is InChI=1S/C19H19BrN2O3/c1-12-11-14(20)7-8-15(12)21-18(23)9-10-22-16-5-3-4-6-17(16)25-13(2)19(22)24/h3-8,11,13H,9-10H2,1-2H3,(H,21,23). The molecule has 1 atom stereocenters. The van der Waals surface area contributed by atoms with Gasteiger partial charge in [-0.15, -0.1) is 0 Å². The fourth-order valence-corrected chi connectivity index (χ4v) is 3.26. The third-order valence-electron chi connectivity index (χ3n) is 4.10. The number of aryl methyl sites for hydroxylation is 1. The van der Waals surface area contributed by atoms with Crippen LogP contribution in [0.25, 0.3) is 0 Å². The van der Waals surface area contributed by atoms with Crippen LogP contribution >= 0.6 is 15.9 Å². The van der Waals surface area contributed by atoms with Crippen molar-refractivity contribution in [2.45, 2.75) is 26.4 Å². The SMILES string of the molecule is Cc1cc(Br)ccc1NC(=O)CCN1C(=O)C(C)Oc2ccccc21. The summed E-state index contributed by atoms with van der Waals surface area (Å²) in [7, 11) is 0. The number of hydrogen-bond donors (Lipinski definition) is 1. The average Bonchev–Trinajstić information content (AvgIpc) is 2.58. The minimum Gasteiger partial charge on any atom is -0.479 e. The number of carbonyl (C=O) groups is 2. The highest BCUT2D eigenvalue weighted by Crippen LogP contribution is 2.33. The zero-order chi connectivity index (χ0) is 18.0. The first kappa shape index (κ1) is 17.5. The van der Waals surface area contributed by atoms with Crippen LogP contribution in [-0.2, 0) is 9.59 Å². The number of hydrogen-bond acceptors (Lipinski definition) is 3. The minimum absolute atomic E-state index is 0.130. The number of carbonyl (C=O) groups excluding carboxylic acids is 2. The molecule has 0 aliphatic carbocycles. The number of nitrogens with one attached hydrogen (secondary N) is 1. The number of anilines is 2. The van der Waals surface area contributed by atoms with E-state index in [0.29, 0.717) is 18.0 Å². The number of amides is 2. The summed E-state index contributed by atoms with van der Waals surface area (Å²) < 4.78 is 6.57. The van der Waals surface area contributed by atoms with E-state index < -0.39 is 6.10 Å². The lowest BCUT2D eigenvalue weighted by atomic mass is 10.1. The molecule has 1 unspecified atom stereocenters. The van der Waals surface area contributed by atoms with Gasteiger partial charge in [0.1, 0.15) is 5.75 Å². The predicted octanol–water partition coefficient (Wildman–Crippen LogP) is 3.90. The van der Waals surface area contributed by atoms with Crippen molar-refractivity contribution in [2.75, 3.05) is 16.8 Å². The highest BCUT2D eigenvalue weighted by Gasteiger charge is 2.31. The van der Waals surface area contributed by atoms with E-state index in [1.165, 1.54) is 0 Å². The molecule has 0 bridgehead atoms. The molecule has 3 rings (SSSR count). The van der Waals surface area contributed by atoms with E-state index in [4.69, 9.17) is 4.74 Å². The topological polar surface area (TPSA) is 58.6 Å². The second kappa shape index (κ2) is 7.27. The van der Waals surface area contributed by atoms with Crippen LogP contribution < -0.4 is 15.0 Å². The van der Waals surface area contributed by atoms with Gasteiger partial charge in [-0.05, 0) is 49.7 Å². The number of rotatable bonds is 4. The van der Waals surface area contributed by atoms with Crippen molar-refractivity contribution >= 4 is 39.1 Å². The first-order chi connectivity index (χ1) is 12.0. The van der Waals surface area contributed by atoms with Crippen LogP contribution in [0.15, 0.2) is 46.9 Å². The first-order valence-electron chi connectivity index (χ1n) is 8.09. The van der Waals surface area contributed by atoms with Crippen LogP contribution in [0.4, 0.5) is 11.4 Å². The molecule has 130 valence electrons. The minimum atomic E-state index is -0.549. The van der Waals surface area contributed by atoms with Crippen LogP contribution in [0.1, 0.15) is 18.9 Å². The summed E-state index contributed by atoms with van der Waals surface area (Å²) in [4.78, 5) is 26.3. The molecule has 2 amide bonds. The third kappa shape index (κ3) is 3.85. The highest BCUT2D eigenvalue weighted by molar-refractivity contribution is 9.10. The van der Waals surface area contributed by atoms with Crippen molar-refractivity contribution in [3.8, 4) is 5.75 Å². The smallest absolute Gasteiger partial charge is 0.267 e. The molecule has 0 saturated carbocycles. The Balaban J connectivity index is 1.68.